The smallest absolute Gasteiger partial charge is 0 e. The minimum Gasteiger partial charge on any atom is 0 e. The van der Waals surface area contributed by atoms with Crippen LogP contribution in [-0.4, -0.2) is 34.9 Å². The van der Waals surface area contributed by atoms with E-state index in [0.717, 1.165) is 0 Å². The fraction of sp³-hybridized carbons (Fsp3) is 0. The zero-order chi connectivity index (χ0) is 0. The van der Waals surface area contributed by atoms with Crippen LogP contribution in [0.5, 0.6) is 0 Å². The van der Waals surface area contributed by atoms with Gasteiger partial charge in [0.2, 0.25) is 0 Å². The molecule has 0 aromatic heterocycles. The van der Waals surface area contributed by atoms with Gasteiger partial charge in [-0.2, -0.15) is 0 Å². The largest absolute Gasteiger partial charge is 0 e. The van der Waals surface area contributed by atoms with Gasteiger partial charge in [0.1, 0.15) is 0 Å². The van der Waals surface area contributed by atoms with Gasteiger partial charge in [-0.05, 0) is 0 Å². The Morgan fingerprint density at radius 1 is 1.00 bits per heavy atom. The zero-order valence-electron chi connectivity index (χ0n) is 1.66. The molecule has 0 heterocycles. The van der Waals surface area contributed by atoms with Crippen molar-refractivity contribution in [1.29, 1.82) is 0 Å². The van der Waals surface area contributed by atoms with Crippen molar-refractivity contribution in [3.8, 4) is 0 Å². The SMILES string of the molecule is [Cu].[Fe].[Si].[Sn]. The zero-order valence-corrected chi connectivity index (χ0v) is 7.56. The van der Waals surface area contributed by atoms with Crippen molar-refractivity contribution in [3.05, 3.63) is 0 Å². The first-order valence-electron chi connectivity index (χ1n) is 0. The van der Waals surface area contributed by atoms with Gasteiger partial charge in [0, 0.05) is 69.0 Å². The Morgan fingerprint density at radius 3 is 1.00 bits per heavy atom. The molecule has 0 bridgehead atoms. The van der Waals surface area contributed by atoms with E-state index in [9.17, 15) is 0 Å². The Labute approximate surface area is 68.4 Å². The summed E-state index contributed by atoms with van der Waals surface area (Å²) in [5.41, 5.74) is 0. The third-order valence-electron chi connectivity index (χ3n) is 0. The first kappa shape index (κ1) is 36.6. The van der Waals surface area contributed by atoms with Crippen molar-refractivity contribution in [2.24, 2.45) is 0 Å². The molecule has 0 aliphatic carbocycles. The molecule has 0 saturated carbocycles. The molecule has 0 nitrogen and oxygen atoms in total. The summed E-state index contributed by atoms with van der Waals surface area (Å²) in [6, 6.07) is 0. The average Bonchev–Trinajstić information content (AvgIpc) is 0. The van der Waals surface area contributed by atoms with Crippen molar-refractivity contribution < 1.29 is 34.1 Å². The van der Waals surface area contributed by atoms with Crippen LogP contribution >= 0.6 is 0 Å². The van der Waals surface area contributed by atoms with Crippen LogP contribution in [0.2, 0.25) is 0 Å². The molecule has 0 saturated heterocycles. The summed E-state index contributed by atoms with van der Waals surface area (Å²) in [5.74, 6) is 0. The van der Waals surface area contributed by atoms with Crippen LogP contribution in [0.15, 0.2) is 0 Å². The van der Waals surface area contributed by atoms with Gasteiger partial charge in [-0.25, -0.2) is 0 Å². The van der Waals surface area contributed by atoms with Gasteiger partial charge in [-0.3, -0.25) is 0 Å². The third kappa shape index (κ3) is 8.96. The molecule has 4 heavy (non-hydrogen) atoms. The predicted molar refractivity (Wildman–Crippen MR) is 11.5 cm³/mol. The summed E-state index contributed by atoms with van der Waals surface area (Å²) >= 11 is 0. The molecule has 0 N–H and O–H groups in total. The molecule has 0 aromatic carbocycles. The molecule has 4 heteroatoms. The summed E-state index contributed by atoms with van der Waals surface area (Å²) < 4.78 is 0. The molecule has 0 aromatic rings. The molecular formula is CuFeSiSn. The molecule has 0 rings (SSSR count). The summed E-state index contributed by atoms with van der Waals surface area (Å²) in [6.45, 7) is 0. The van der Waals surface area contributed by atoms with Crippen LogP contribution in [0.1, 0.15) is 0 Å². The van der Waals surface area contributed by atoms with Gasteiger partial charge in [-0.15, -0.1) is 0 Å². The van der Waals surface area contributed by atoms with E-state index in [0.29, 0.717) is 0 Å². The Kier molecular flexibility index (Phi) is 180. The van der Waals surface area contributed by atoms with E-state index in [1.807, 2.05) is 0 Å². The Morgan fingerprint density at radius 2 is 1.00 bits per heavy atom. The minimum atomic E-state index is 0. The van der Waals surface area contributed by atoms with Gasteiger partial charge < -0.3 is 0 Å². The average molecular weight is 266 g/mol. The van der Waals surface area contributed by atoms with Gasteiger partial charge in [0.05, 0.1) is 0 Å². The Balaban J connectivity index is 0. The summed E-state index contributed by atoms with van der Waals surface area (Å²) in [4.78, 5) is 0. The van der Waals surface area contributed by atoms with E-state index in [1.54, 1.807) is 0 Å². The van der Waals surface area contributed by atoms with Crippen LogP contribution in [0.3, 0.4) is 0 Å². The second kappa shape index (κ2) is 19.7. The molecule has 0 amide bonds. The molecular weight excluding hydrogens is 266 g/mol. The molecule has 0 atom stereocenters. The fourth-order valence-corrected chi connectivity index (χ4v) is 0. The molecule has 0 aliphatic rings. The monoisotopic (exact) mass is 267 g/mol. The first-order chi connectivity index (χ1) is 0. The van der Waals surface area contributed by atoms with E-state index >= 15 is 0 Å². The first-order valence-corrected chi connectivity index (χ1v) is 0. The maximum Gasteiger partial charge on any atom is 0 e. The maximum absolute atomic E-state index is 0. The van der Waals surface area contributed by atoms with Crippen molar-refractivity contribution in [2.45, 2.75) is 0 Å². The van der Waals surface area contributed by atoms with Crippen LogP contribution in [0.25, 0.3) is 0 Å². The molecule has 9 radical (unpaired) electrons. The number of hydrogen-bond donors (Lipinski definition) is 0. The molecule has 0 fully saturated rings. The second-order valence-electron chi connectivity index (χ2n) is 0. The van der Waals surface area contributed by atoms with Crippen molar-refractivity contribution >= 4 is 34.9 Å². The Bertz CT molecular complexity index is 8.00. The van der Waals surface area contributed by atoms with E-state index < -0.39 is 0 Å². The number of hydrogen-bond acceptors (Lipinski definition) is 0. The van der Waals surface area contributed by atoms with E-state index in [-0.39, 0.29) is 69.0 Å². The van der Waals surface area contributed by atoms with E-state index in [4.69, 9.17) is 0 Å². The van der Waals surface area contributed by atoms with Crippen LogP contribution in [-0.2, 0) is 34.1 Å². The van der Waals surface area contributed by atoms with Crippen molar-refractivity contribution in [2.75, 3.05) is 0 Å². The second-order valence-corrected chi connectivity index (χ2v) is 0. The van der Waals surface area contributed by atoms with Gasteiger partial charge in [0.25, 0.3) is 0 Å². The van der Waals surface area contributed by atoms with E-state index in [2.05, 4.69) is 0 Å². The summed E-state index contributed by atoms with van der Waals surface area (Å²) in [6.07, 6.45) is 0. The molecule has 0 aliphatic heterocycles. The Hall–Kier alpha value is 2.05. The molecule has 27 valence electrons. The summed E-state index contributed by atoms with van der Waals surface area (Å²) in [7, 11) is 0. The standard InChI is InChI=1S/Cu.Fe.Si.Sn. The predicted octanol–water partition coefficient (Wildman–Crippen LogP) is -0.767. The van der Waals surface area contributed by atoms with Crippen molar-refractivity contribution in [1.82, 2.24) is 0 Å². The van der Waals surface area contributed by atoms with Gasteiger partial charge >= 0.3 is 0 Å². The quantitative estimate of drug-likeness (QED) is 0.505. The van der Waals surface area contributed by atoms with Crippen LogP contribution in [0.4, 0.5) is 0 Å². The molecule has 0 spiro atoms. The maximum atomic E-state index is 0. The summed E-state index contributed by atoms with van der Waals surface area (Å²) in [5, 5.41) is 0. The molecule has 0 unspecified atom stereocenters. The fourth-order valence-electron chi connectivity index (χ4n) is 0. The van der Waals surface area contributed by atoms with Gasteiger partial charge in [0.15, 0.2) is 0 Å². The minimum absolute atomic E-state index is 0. The van der Waals surface area contributed by atoms with Crippen molar-refractivity contribution in [3.63, 3.8) is 0 Å². The van der Waals surface area contributed by atoms with Crippen LogP contribution in [0, 0.1) is 0 Å². The van der Waals surface area contributed by atoms with Crippen LogP contribution < -0.4 is 0 Å². The normalized spacial score (nSPS) is 0. The number of rotatable bonds is 0. The topological polar surface area (TPSA) is 0 Å². The third-order valence-corrected chi connectivity index (χ3v) is 0. The van der Waals surface area contributed by atoms with Gasteiger partial charge in [-0.1, -0.05) is 0 Å². The van der Waals surface area contributed by atoms with E-state index in [1.165, 1.54) is 0 Å².